The predicted molar refractivity (Wildman–Crippen MR) is 229 cm³/mol. The number of amides is 4. The molecule has 2 unspecified atom stereocenters. The molecule has 17 nitrogen and oxygen atoms in total. The van der Waals surface area contributed by atoms with Crippen molar-refractivity contribution in [2.24, 2.45) is 7.05 Å². The van der Waals surface area contributed by atoms with Crippen LogP contribution in [-0.4, -0.2) is 130 Å². The number of urea groups is 1. The van der Waals surface area contributed by atoms with Gasteiger partial charge >= 0.3 is 6.03 Å². The minimum Gasteiger partial charge on any atom is -0.393 e. The van der Waals surface area contributed by atoms with Gasteiger partial charge in [0.1, 0.15) is 17.8 Å². The minimum atomic E-state index is -4.19. The molecule has 0 radical (unpaired) electrons. The lowest BCUT2D eigenvalue weighted by Crippen LogP contribution is -2.50. The van der Waals surface area contributed by atoms with Crippen molar-refractivity contribution in [2.75, 3.05) is 65.8 Å². The maximum atomic E-state index is 16.0. The molecular formula is C43H51F2N11O6S. The molecule has 6 heterocycles. The summed E-state index contributed by atoms with van der Waals surface area (Å²) in [5.74, 6) is 0.308. The molecule has 4 aromatic rings. The van der Waals surface area contributed by atoms with E-state index < -0.39 is 58.2 Å². The lowest BCUT2D eigenvalue weighted by Gasteiger charge is -2.39. The quantitative estimate of drug-likeness (QED) is 0.221. The summed E-state index contributed by atoms with van der Waals surface area (Å²) in [6, 6.07) is 7.77. The van der Waals surface area contributed by atoms with Crippen molar-refractivity contribution < 1.29 is 36.7 Å². The van der Waals surface area contributed by atoms with Crippen molar-refractivity contribution in [1.29, 1.82) is 0 Å². The standard InChI is InChI=1S/C43H51F2N11O6S/c1-25(52-16-18-53(19-17-52)26-6-8-30-36(21-26)51(2)50-38(30)55-15-11-37(58)48-42(55)60)31-22-29(7-9-33(31)44)63(61,62)54-14-10-35(34(45)24-54)47-41-46-23-32-39(49-41)56(40(59)43(32)12-13-43)27-4-3-5-28(57)20-27/h6-9,21-23,25,27-28,34-35,57H,3-5,10-20,24H2,1-2H3,(H,46,47,49)(H,48,58,60)/t25-,27+,28?,34+,35?/m0/s1. The normalized spacial score (nSPS) is 26.0. The van der Waals surface area contributed by atoms with Gasteiger partial charge in [0.2, 0.25) is 27.8 Å². The van der Waals surface area contributed by atoms with E-state index >= 15 is 8.78 Å². The van der Waals surface area contributed by atoms with E-state index in [4.69, 9.17) is 4.98 Å². The molecule has 20 heteroatoms. The van der Waals surface area contributed by atoms with Crippen LogP contribution in [0.15, 0.2) is 47.5 Å². The molecule has 10 rings (SSSR count). The molecule has 2 aromatic carbocycles. The number of hydrogen-bond donors (Lipinski definition) is 3. The van der Waals surface area contributed by atoms with E-state index in [0.29, 0.717) is 50.7 Å². The maximum absolute atomic E-state index is 16.0. The number of piperidine rings is 1. The molecule has 4 amide bonds. The van der Waals surface area contributed by atoms with E-state index in [1.165, 1.54) is 17.0 Å². The summed E-state index contributed by atoms with van der Waals surface area (Å²) in [7, 11) is -2.38. The number of aliphatic hydroxyl groups excluding tert-OH is 1. The van der Waals surface area contributed by atoms with Gasteiger partial charge in [-0.3, -0.25) is 34.3 Å². The fourth-order valence-electron chi connectivity index (χ4n) is 10.3. The molecular weight excluding hydrogens is 837 g/mol. The van der Waals surface area contributed by atoms with E-state index in [1.54, 1.807) is 22.8 Å². The van der Waals surface area contributed by atoms with Crippen LogP contribution in [0.2, 0.25) is 0 Å². The summed E-state index contributed by atoms with van der Waals surface area (Å²) in [5.41, 5.74) is 2.18. The van der Waals surface area contributed by atoms with Crippen LogP contribution >= 0.6 is 0 Å². The number of fused-ring (bicyclic) bond motifs is 3. The van der Waals surface area contributed by atoms with E-state index in [1.807, 2.05) is 25.1 Å². The number of nitrogens with one attached hydrogen (secondary N) is 2. The molecule has 5 atom stereocenters. The molecule has 6 aliphatic rings. The van der Waals surface area contributed by atoms with Crippen LogP contribution in [0.5, 0.6) is 0 Å². The number of imide groups is 1. The Bertz CT molecular complexity index is 2620. The number of aromatic nitrogens is 4. The van der Waals surface area contributed by atoms with E-state index in [9.17, 15) is 27.9 Å². The number of aliphatic hydroxyl groups is 1. The first kappa shape index (κ1) is 41.7. The number of piperazine rings is 1. The summed E-state index contributed by atoms with van der Waals surface area (Å²) < 4.78 is 62.3. The van der Waals surface area contributed by atoms with Crippen molar-refractivity contribution in [1.82, 2.24) is 34.3 Å². The van der Waals surface area contributed by atoms with Crippen molar-refractivity contribution >= 4 is 62.0 Å². The number of carbonyl (C=O) groups excluding carboxylic acids is 3. The average Bonchev–Trinajstić information content (AvgIpc) is 3.96. The Morgan fingerprint density at radius 3 is 2.51 bits per heavy atom. The Kier molecular flexibility index (Phi) is 10.4. The Balaban J connectivity index is 0.780. The molecule has 2 aliphatic carbocycles. The van der Waals surface area contributed by atoms with Gasteiger partial charge in [-0.1, -0.05) is 0 Å². The molecule has 3 saturated heterocycles. The number of rotatable bonds is 9. The highest BCUT2D eigenvalue weighted by Crippen LogP contribution is 2.57. The van der Waals surface area contributed by atoms with Crippen molar-refractivity contribution in [2.45, 2.75) is 99.0 Å². The Labute approximate surface area is 363 Å². The predicted octanol–water partition coefficient (Wildman–Crippen LogP) is 3.73. The van der Waals surface area contributed by atoms with Gasteiger partial charge in [-0.15, -0.1) is 0 Å². The zero-order valence-electron chi connectivity index (χ0n) is 35.2. The van der Waals surface area contributed by atoms with Gasteiger partial charge in [0.25, 0.3) is 0 Å². The number of anilines is 4. The number of halogens is 2. The summed E-state index contributed by atoms with van der Waals surface area (Å²) >= 11 is 0. The van der Waals surface area contributed by atoms with Crippen LogP contribution in [0.1, 0.15) is 75.5 Å². The minimum absolute atomic E-state index is 0.00881. The molecule has 1 spiro atoms. The molecule has 2 saturated carbocycles. The average molecular weight is 888 g/mol. The highest BCUT2D eigenvalue weighted by molar-refractivity contribution is 7.89. The maximum Gasteiger partial charge on any atom is 0.329 e. The van der Waals surface area contributed by atoms with Crippen LogP contribution in [0.4, 0.5) is 36.8 Å². The largest absolute Gasteiger partial charge is 0.393 e. The van der Waals surface area contributed by atoms with Crippen LogP contribution in [-0.2, 0) is 32.1 Å². The molecule has 334 valence electrons. The number of benzene rings is 2. The van der Waals surface area contributed by atoms with Gasteiger partial charge in [0.15, 0.2) is 5.82 Å². The first-order valence-electron chi connectivity index (χ1n) is 21.9. The number of aryl methyl sites for hydroxylation is 1. The van der Waals surface area contributed by atoms with E-state index in [-0.39, 0.29) is 60.2 Å². The van der Waals surface area contributed by atoms with E-state index in [0.717, 1.165) is 58.2 Å². The highest BCUT2D eigenvalue weighted by Gasteiger charge is 2.61. The van der Waals surface area contributed by atoms with Crippen molar-refractivity contribution in [3.05, 3.63) is 59.5 Å². The highest BCUT2D eigenvalue weighted by atomic mass is 32.2. The smallest absolute Gasteiger partial charge is 0.329 e. The third-order valence-electron chi connectivity index (χ3n) is 14.1. The zero-order valence-corrected chi connectivity index (χ0v) is 36.0. The molecule has 3 N–H and O–H groups in total. The second kappa shape index (κ2) is 15.7. The van der Waals surface area contributed by atoms with Gasteiger partial charge < -0.3 is 15.3 Å². The number of sulfonamides is 1. The Hall–Kier alpha value is -5.31. The first-order valence-corrected chi connectivity index (χ1v) is 23.3. The first-order chi connectivity index (χ1) is 30.2. The van der Waals surface area contributed by atoms with Gasteiger partial charge in [-0.05, 0) is 88.3 Å². The number of alkyl halides is 1. The molecule has 4 aliphatic heterocycles. The number of nitrogens with zero attached hydrogens (tertiary/aromatic N) is 9. The fraction of sp³-hybridized carbons (Fsp3) is 0.535. The zero-order chi connectivity index (χ0) is 43.9. The van der Waals surface area contributed by atoms with E-state index in [2.05, 4.69) is 30.5 Å². The van der Waals surface area contributed by atoms with Gasteiger partial charge in [-0.2, -0.15) is 14.4 Å². The summed E-state index contributed by atoms with van der Waals surface area (Å²) in [6.45, 7) is 4.09. The summed E-state index contributed by atoms with van der Waals surface area (Å²) in [4.78, 5) is 54.5. The molecule has 2 aromatic heterocycles. The van der Waals surface area contributed by atoms with Crippen LogP contribution in [0.25, 0.3) is 10.9 Å². The molecule has 5 fully saturated rings. The van der Waals surface area contributed by atoms with Gasteiger partial charge in [0.05, 0.1) is 28.0 Å². The lowest BCUT2D eigenvalue weighted by molar-refractivity contribution is -0.121. The third-order valence-corrected chi connectivity index (χ3v) is 16.0. The molecule has 63 heavy (non-hydrogen) atoms. The topological polar surface area (TPSA) is 189 Å². The van der Waals surface area contributed by atoms with Gasteiger partial charge in [0, 0.05) is 99.8 Å². The lowest BCUT2D eigenvalue weighted by atomic mass is 9.92. The summed E-state index contributed by atoms with van der Waals surface area (Å²) in [6.07, 6.45) is 4.07. The molecule has 0 bridgehead atoms. The number of hydrogen-bond acceptors (Lipinski definition) is 12. The SMILES string of the molecule is C[C@@H](c1cc(S(=O)(=O)N2CCC(Nc3ncc4c(n3)N([C@@H]3CCCC(O)C3)C(=O)C43CC3)[C@H](F)C2)ccc1F)N1CCN(c2ccc3c(N4CCC(=O)NC4=O)nn(C)c3c2)CC1. The van der Waals surface area contributed by atoms with Crippen LogP contribution < -0.4 is 25.3 Å². The van der Waals surface area contributed by atoms with Crippen molar-refractivity contribution in [3.63, 3.8) is 0 Å². The fourth-order valence-corrected chi connectivity index (χ4v) is 11.8. The van der Waals surface area contributed by atoms with Crippen molar-refractivity contribution in [3.8, 4) is 0 Å². The Morgan fingerprint density at radius 2 is 1.78 bits per heavy atom. The van der Waals surface area contributed by atoms with Crippen LogP contribution in [0.3, 0.4) is 0 Å². The second-order valence-corrected chi connectivity index (χ2v) is 19.8. The third kappa shape index (κ3) is 7.27. The summed E-state index contributed by atoms with van der Waals surface area (Å²) in [5, 5.41) is 21.2. The van der Waals surface area contributed by atoms with Crippen LogP contribution in [0, 0.1) is 5.82 Å². The second-order valence-electron chi connectivity index (χ2n) is 17.9. The monoisotopic (exact) mass is 887 g/mol. The number of carbonyl (C=O) groups is 3. The Morgan fingerprint density at radius 1 is 0.984 bits per heavy atom. The van der Waals surface area contributed by atoms with Gasteiger partial charge in [-0.25, -0.2) is 27.0 Å².